The smallest absolute Gasteiger partial charge is 0.0363 e. The van der Waals surface area contributed by atoms with Crippen molar-refractivity contribution in [2.24, 2.45) is 5.73 Å². The van der Waals surface area contributed by atoms with E-state index in [0.717, 1.165) is 18.6 Å². The van der Waals surface area contributed by atoms with Crippen LogP contribution in [0.15, 0.2) is 30.3 Å². The number of benzene rings is 1. The largest absolute Gasteiger partial charge is 0.375 e. The van der Waals surface area contributed by atoms with Gasteiger partial charge in [-0.15, -0.1) is 0 Å². The molecule has 2 bridgehead atoms. The maximum absolute atomic E-state index is 6.21. The highest BCUT2D eigenvalue weighted by atomic mass is 15.2. The summed E-state index contributed by atoms with van der Waals surface area (Å²) in [5.74, 6) is 0. The molecular weight excluding hydrogens is 258 g/mol. The van der Waals surface area contributed by atoms with Crippen LogP contribution in [0.4, 0.5) is 5.69 Å². The predicted octanol–water partition coefficient (Wildman–Crippen LogP) is 2.86. The third-order valence-electron chi connectivity index (χ3n) is 5.27. The van der Waals surface area contributed by atoms with Gasteiger partial charge in [-0.2, -0.15) is 0 Å². The van der Waals surface area contributed by atoms with Crippen LogP contribution in [0.3, 0.4) is 0 Å². The average Bonchev–Trinajstić information content (AvgIpc) is 2.48. The number of nitrogens with two attached hydrogens (primary N) is 1. The fourth-order valence-corrected chi connectivity index (χ4v) is 4.19. The Morgan fingerprint density at radius 3 is 2.48 bits per heavy atom. The summed E-state index contributed by atoms with van der Waals surface area (Å²) >= 11 is 0. The Bertz CT molecular complexity index is 419. The number of fused-ring (bicyclic) bond motifs is 2. The molecule has 0 radical (unpaired) electrons. The van der Waals surface area contributed by atoms with E-state index in [-0.39, 0.29) is 0 Å². The molecule has 2 heterocycles. The van der Waals surface area contributed by atoms with Crippen molar-refractivity contribution >= 4 is 5.69 Å². The molecule has 0 aromatic heterocycles. The molecule has 3 heteroatoms. The Labute approximate surface area is 129 Å². The number of hydrogen-bond acceptors (Lipinski definition) is 3. The lowest BCUT2D eigenvalue weighted by molar-refractivity contribution is 0.0313. The second-order valence-corrected chi connectivity index (χ2v) is 6.82. The fourth-order valence-electron chi connectivity index (χ4n) is 4.19. The number of piperidine rings is 2. The lowest BCUT2D eigenvalue weighted by Gasteiger charge is -2.48. The summed E-state index contributed by atoms with van der Waals surface area (Å²) in [5, 5.41) is 0. The Balaban J connectivity index is 1.49. The van der Waals surface area contributed by atoms with Gasteiger partial charge in [-0.1, -0.05) is 24.6 Å². The number of para-hydroxylation sites is 1. The molecule has 2 N–H and O–H groups in total. The number of rotatable bonds is 5. The Hall–Kier alpha value is -1.06. The average molecular weight is 287 g/mol. The highest BCUT2D eigenvalue weighted by Gasteiger charge is 2.36. The van der Waals surface area contributed by atoms with Gasteiger partial charge in [0.2, 0.25) is 0 Å². The molecule has 3 rings (SSSR count). The van der Waals surface area contributed by atoms with Crippen LogP contribution < -0.4 is 10.6 Å². The summed E-state index contributed by atoms with van der Waals surface area (Å²) in [5.41, 5.74) is 7.52. The van der Waals surface area contributed by atoms with E-state index < -0.39 is 0 Å². The van der Waals surface area contributed by atoms with E-state index in [1.165, 1.54) is 50.8 Å². The SMILES string of the molecule is CN(CCCN1C2CCCC1CC(N)C2)c1ccccc1. The van der Waals surface area contributed by atoms with Gasteiger partial charge in [0.1, 0.15) is 0 Å². The molecule has 2 saturated heterocycles. The fraction of sp³-hybridized carbons (Fsp3) is 0.667. The predicted molar refractivity (Wildman–Crippen MR) is 89.7 cm³/mol. The van der Waals surface area contributed by atoms with E-state index in [1.807, 2.05) is 0 Å². The zero-order valence-corrected chi connectivity index (χ0v) is 13.2. The first kappa shape index (κ1) is 14.9. The molecule has 0 spiro atoms. The van der Waals surface area contributed by atoms with E-state index in [9.17, 15) is 0 Å². The van der Waals surface area contributed by atoms with E-state index in [1.54, 1.807) is 0 Å². The summed E-state index contributed by atoms with van der Waals surface area (Å²) < 4.78 is 0. The minimum Gasteiger partial charge on any atom is -0.375 e. The molecule has 0 saturated carbocycles. The highest BCUT2D eigenvalue weighted by molar-refractivity contribution is 5.44. The number of anilines is 1. The van der Waals surface area contributed by atoms with Gasteiger partial charge in [-0.05, 0) is 44.2 Å². The van der Waals surface area contributed by atoms with Gasteiger partial charge in [0.25, 0.3) is 0 Å². The molecule has 21 heavy (non-hydrogen) atoms. The van der Waals surface area contributed by atoms with Crippen LogP contribution in [0.1, 0.15) is 38.5 Å². The summed E-state index contributed by atoms with van der Waals surface area (Å²) in [6, 6.07) is 12.6. The number of hydrogen-bond donors (Lipinski definition) is 1. The normalized spacial score (nSPS) is 29.3. The molecule has 2 fully saturated rings. The van der Waals surface area contributed by atoms with E-state index in [4.69, 9.17) is 5.73 Å². The van der Waals surface area contributed by atoms with Crippen LogP contribution in [0.25, 0.3) is 0 Å². The molecule has 2 atom stereocenters. The van der Waals surface area contributed by atoms with Gasteiger partial charge >= 0.3 is 0 Å². The molecule has 0 aliphatic carbocycles. The Morgan fingerprint density at radius 2 is 1.81 bits per heavy atom. The maximum Gasteiger partial charge on any atom is 0.0363 e. The standard InChI is InChI=1S/C18H29N3/c1-20(16-7-3-2-4-8-16)11-6-12-21-17-9-5-10-18(21)14-15(19)13-17/h2-4,7-8,15,17-18H,5-6,9-14,19H2,1H3. The molecule has 0 amide bonds. The Kier molecular flexibility index (Phi) is 4.81. The van der Waals surface area contributed by atoms with Crippen molar-refractivity contribution in [3.63, 3.8) is 0 Å². The molecule has 3 nitrogen and oxygen atoms in total. The first-order valence-corrected chi connectivity index (χ1v) is 8.51. The van der Waals surface area contributed by atoms with Gasteiger partial charge in [-0.25, -0.2) is 0 Å². The zero-order valence-electron chi connectivity index (χ0n) is 13.2. The van der Waals surface area contributed by atoms with Gasteiger partial charge in [0, 0.05) is 44.0 Å². The molecule has 2 aliphatic heterocycles. The van der Waals surface area contributed by atoms with Crippen molar-refractivity contribution in [3.05, 3.63) is 30.3 Å². The van der Waals surface area contributed by atoms with Crippen molar-refractivity contribution in [1.82, 2.24) is 4.90 Å². The summed E-state index contributed by atoms with van der Waals surface area (Å²) in [6.45, 7) is 2.37. The molecular formula is C18H29N3. The molecule has 1 aromatic rings. The van der Waals surface area contributed by atoms with Crippen molar-refractivity contribution in [2.45, 2.75) is 56.7 Å². The quantitative estimate of drug-likeness (QED) is 0.904. The summed E-state index contributed by atoms with van der Waals surface area (Å²) in [6.07, 6.45) is 7.80. The lowest BCUT2D eigenvalue weighted by Crippen LogP contribution is -2.55. The summed E-state index contributed by atoms with van der Waals surface area (Å²) in [4.78, 5) is 5.14. The van der Waals surface area contributed by atoms with Crippen LogP contribution in [0.5, 0.6) is 0 Å². The minimum absolute atomic E-state index is 0.448. The van der Waals surface area contributed by atoms with E-state index in [2.05, 4.69) is 47.2 Å². The molecule has 2 unspecified atom stereocenters. The number of nitrogens with zero attached hydrogens (tertiary/aromatic N) is 2. The van der Waals surface area contributed by atoms with Gasteiger partial charge in [0.15, 0.2) is 0 Å². The minimum atomic E-state index is 0.448. The highest BCUT2D eigenvalue weighted by Crippen LogP contribution is 2.33. The third-order valence-corrected chi connectivity index (χ3v) is 5.27. The van der Waals surface area contributed by atoms with Crippen molar-refractivity contribution < 1.29 is 0 Å². The van der Waals surface area contributed by atoms with Gasteiger partial charge in [-0.3, -0.25) is 4.90 Å². The van der Waals surface area contributed by atoms with Gasteiger partial charge in [0.05, 0.1) is 0 Å². The topological polar surface area (TPSA) is 32.5 Å². The zero-order chi connectivity index (χ0) is 14.7. The Morgan fingerprint density at radius 1 is 1.14 bits per heavy atom. The van der Waals surface area contributed by atoms with Crippen LogP contribution >= 0.6 is 0 Å². The third kappa shape index (κ3) is 3.58. The first-order valence-electron chi connectivity index (χ1n) is 8.51. The van der Waals surface area contributed by atoms with Gasteiger partial charge < -0.3 is 10.6 Å². The lowest BCUT2D eigenvalue weighted by atomic mass is 9.82. The van der Waals surface area contributed by atoms with E-state index in [0.29, 0.717) is 6.04 Å². The van der Waals surface area contributed by atoms with E-state index >= 15 is 0 Å². The van der Waals surface area contributed by atoms with Crippen molar-refractivity contribution in [1.29, 1.82) is 0 Å². The van der Waals surface area contributed by atoms with Crippen LogP contribution in [0.2, 0.25) is 0 Å². The van der Waals surface area contributed by atoms with Crippen molar-refractivity contribution in [2.75, 3.05) is 25.0 Å². The molecule has 2 aliphatic rings. The van der Waals surface area contributed by atoms with Crippen LogP contribution in [-0.4, -0.2) is 43.2 Å². The van der Waals surface area contributed by atoms with Crippen molar-refractivity contribution in [3.8, 4) is 0 Å². The maximum atomic E-state index is 6.21. The summed E-state index contributed by atoms with van der Waals surface area (Å²) in [7, 11) is 2.20. The molecule has 1 aromatic carbocycles. The van der Waals surface area contributed by atoms with Crippen LogP contribution in [0, 0.1) is 0 Å². The second kappa shape index (κ2) is 6.80. The molecule has 116 valence electrons. The first-order chi connectivity index (χ1) is 10.2. The van der Waals surface area contributed by atoms with Crippen LogP contribution in [-0.2, 0) is 0 Å². The second-order valence-electron chi connectivity index (χ2n) is 6.82. The monoisotopic (exact) mass is 287 g/mol.